The van der Waals surface area contributed by atoms with Gasteiger partial charge in [0.05, 0.1) is 0 Å². The lowest BCUT2D eigenvalue weighted by molar-refractivity contribution is -0.120. The number of amides is 3. The number of hydrogen-bond donors (Lipinski definition) is 1. The fourth-order valence-electron chi connectivity index (χ4n) is 3.24. The Balaban J connectivity index is 1.55. The van der Waals surface area contributed by atoms with Crippen molar-refractivity contribution < 1.29 is 9.59 Å². The smallest absolute Gasteiger partial charge is 0.318 e. The monoisotopic (exact) mass is 301 g/mol. The van der Waals surface area contributed by atoms with E-state index in [0.29, 0.717) is 13.1 Å². The van der Waals surface area contributed by atoms with Crippen molar-refractivity contribution in [2.75, 3.05) is 24.5 Å². The molecule has 5 heteroatoms. The normalized spacial score (nSPS) is 20.1. The van der Waals surface area contributed by atoms with Crippen LogP contribution in [0, 0.1) is 0 Å². The minimum atomic E-state index is -0.0899. The Morgan fingerprint density at radius 3 is 2.45 bits per heavy atom. The van der Waals surface area contributed by atoms with E-state index in [4.69, 9.17) is 0 Å². The molecule has 2 fully saturated rings. The standard InChI is InChI=1S/C17H23N3O2/c21-16-13-19(17(22)18-14-7-3-1-4-8-14)11-12-20(16)15-9-5-2-6-10-15/h2,5-6,9-10,14H,1,3-4,7-8,11-13H2,(H,18,22). The van der Waals surface area contributed by atoms with Gasteiger partial charge in [0.1, 0.15) is 6.54 Å². The van der Waals surface area contributed by atoms with E-state index in [1.807, 2.05) is 30.3 Å². The van der Waals surface area contributed by atoms with Crippen molar-refractivity contribution in [2.24, 2.45) is 0 Å². The average Bonchev–Trinajstić information content (AvgIpc) is 2.56. The molecule has 1 saturated carbocycles. The summed E-state index contributed by atoms with van der Waals surface area (Å²) in [6.07, 6.45) is 5.76. The van der Waals surface area contributed by atoms with Crippen molar-refractivity contribution in [2.45, 2.75) is 38.1 Å². The number of carbonyl (C=O) groups is 2. The lowest BCUT2D eigenvalue weighted by Gasteiger charge is -2.35. The van der Waals surface area contributed by atoms with Crippen LogP contribution in [-0.4, -0.2) is 42.5 Å². The van der Waals surface area contributed by atoms with Crippen LogP contribution in [0.25, 0.3) is 0 Å². The summed E-state index contributed by atoms with van der Waals surface area (Å²) in [4.78, 5) is 28.0. The highest BCUT2D eigenvalue weighted by Crippen LogP contribution is 2.19. The summed E-state index contributed by atoms with van der Waals surface area (Å²) in [7, 11) is 0. The van der Waals surface area contributed by atoms with Crippen LogP contribution in [0.1, 0.15) is 32.1 Å². The van der Waals surface area contributed by atoms with Crippen molar-refractivity contribution in [3.63, 3.8) is 0 Å². The lowest BCUT2D eigenvalue weighted by atomic mass is 9.96. The van der Waals surface area contributed by atoms with Gasteiger partial charge in [0.2, 0.25) is 5.91 Å². The van der Waals surface area contributed by atoms with E-state index >= 15 is 0 Å². The van der Waals surface area contributed by atoms with Crippen LogP contribution in [-0.2, 0) is 4.79 Å². The summed E-state index contributed by atoms with van der Waals surface area (Å²) in [6.45, 7) is 1.30. The number of nitrogens with zero attached hydrogens (tertiary/aromatic N) is 2. The molecular formula is C17H23N3O2. The van der Waals surface area contributed by atoms with E-state index < -0.39 is 0 Å². The number of nitrogens with one attached hydrogen (secondary N) is 1. The second-order valence-corrected chi connectivity index (χ2v) is 6.09. The zero-order chi connectivity index (χ0) is 15.4. The summed E-state index contributed by atoms with van der Waals surface area (Å²) in [5.74, 6) is -0.0174. The third-order valence-electron chi connectivity index (χ3n) is 4.51. The summed E-state index contributed by atoms with van der Waals surface area (Å²) in [6, 6.07) is 9.82. The molecule has 2 aliphatic rings. The molecule has 3 amide bonds. The molecule has 0 atom stereocenters. The quantitative estimate of drug-likeness (QED) is 0.912. The fraction of sp³-hybridized carbons (Fsp3) is 0.529. The summed E-state index contributed by atoms with van der Waals surface area (Å²) >= 11 is 0. The van der Waals surface area contributed by atoms with Crippen LogP contribution in [0.2, 0.25) is 0 Å². The third-order valence-corrected chi connectivity index (χ3v) is 4.51. The Bertz CT molecular complexity index is 526. The van der Waals surface area contributed by atoms with Crippen LogP contribution in [0.4, 0.5) is 10.5 Å². The van der Waals surface area contributed by atoms with Crippen LogP contribution in [0.15, 0.2) is 30.3 Å². The minimum Gasteiger partial charge on any atom is -0.335 e. The van der Waals surface area contributed by atoms with Crippen molar-refractivity contribution in [3.05, 3.63) is 30.3 Å². The molecule has 0 aromatic heterocycles. The maximum absolute atomic E-state index is 12.3. The molecule has 1 saturated heterocycles. The highest BCUT2D eigenvalue weighted by atomic mass is 16.2. The number of para-hydroxylation sites is 1. The zero-order valence-electron chi connectivity index (χ0n) is 12.8. The first-order chi connectivity index (χ1) is 10.7. The Morgan fingerprint density at radius 1 is 1.05 bits per heavy atom. The van der Waals surface area contributed by atoms with Gasteiger partial charge in [-0.2, -0.15) is 0 Å². The first-order valence-electron chi connectivity index (χ1n) is 8.15. The van der Waals surface area contributed by atoms with E-state index in [-0.39, 0.29) is 24.5 Å². The summed E-state index contributed by atoms with van der Waals surface area (Å²) in [5, 5.41) is 3.08. The van der Waals surface area contributed by atoms with Gasteiger partial charge >= 0.3 is 6.03 Å². The second kappa shape index (κ2) is 6.81. The lowest BCUT2D eigenvalue weighted by Crippen LogP contribution is -2.56. The Hall–Kier alpha value is -2.04. The number of urea groups is 1. The zero-order valence-corrected chi connectivity index (χ0v) is 12.8. The molecule has 118 valence electrons. The van der Waals surface area contributed by atoms with E-state index in [0.717, 1.165) is 18.5 Å². The largest absolute Gasteiger partial charge is 0.335 e. The van der Waals surface area contributed by atoms with Crippen molar-refractivity contribution in [3.8, 4) is 0 Å². The molecule has 22 heavy (non-hydrogen) atoms. The second-order valence-electron chi connectivity index (χ2n) is 6.09. The molecular weight excluding hydrogens is 278 g/mol. The fourth-order valence-corrected chi connectivity index (χ4v) is 3.24. The third kappa shape index (κ3) is 3.40. The number of piperazine rings is 1. The van der Waals surface area contributed by atoms with E-state index in [1.165, 1.54) is 19.3 Å². The molecule has 0 radical (unpaired) electrons. The van der Waals surface area contributed by atoms with Gasteiger partial charge < -0.3 is 15.1 Å². The van der Waals surface area contributed by atoms with E-state index in [2.05, 4.69) is 5.32 Å². The minimum absolute atomic E-state index is 0.0174. The molecule has 1 aromatic rings. The number of benzene rings is 1. The van der Waals surface area contributed by atoms with Gasteiger partial charge in [-0.1, -0.05) is 37.5 Å². The first kappa shape index (κ1) is 14.9. The molecule has 1 aromatic carbocycles. The highest BCUT2D eigenvalue weighted by molar-refractivity contribution is 5.97. The number of hydrogen-bond acceptors (Lipinski definition) is 2. The molecule has 0 bridgehead atoms. The molecule has 0 unspecified atom stereocenters. The van der Waals surface area contributed by atoms with Gasteiger partial charge in [-0.05, 0) is 25.0 Å². The Morgan fingerprint density at radius 2 is 1.77 bits per heavy atom. The van der Waals surface area contributed by atoms with Crippen molar-refractivity contribution in [1.29, 1.82) is 0 Å². The maximum atomic E-state index is 12.3. The van der Waals surface area contributed by atoms with E-state index in [1.54, 1.807) is 9.80 Å². The molecule has 1 aliphatic heterocycles. The average molecular weight is 301 g/mol. The Labute approximate surface area is 131 Å². The van der Waals surface area contributed by atoms with Crippen LogP contribution in [0.3, 0.4) is 0 Å². The van der Waals surface area contributed by atoms with Crippen LogP contribution in [0.5, 0.6) is 0 Å². The van der Waals surface area contributed by atoms with Gasteiger partial charge in [-0.25, -0.2) is 4.79 Å². The molecule has 5 nitrogen and oxygen atoms in total. The number of carbonyl (C=O) groups excluding carboxylic acids is 2. The molecule has 0 spiro atoms. The van der Waals surface area contributed by atoms with Gasteiger partial charge in [0.25, 0.3) is 0 Å². The van der Waals surface area contributed by atoms with Crippen molar-refractivity contribution >= 4 is 17.6 Å². The summed E-state index contributed by atoms with van der Waals surface area (Å²) in [5.41, 5.74) is 0.903. The first-order valence-corrected chi connectivity index (χ1v) is 8.15. The molecule has 3 rings (SSSR count). The highest BCUT2D eigenvalue weighted by Gasteiger charge is 2.29. The van der Waals surface area contributed by atoms with E-state index in [9.17, 15) is 9.59 Å². The number of rotatable bonds is 2. The SMILES string of the molecule is O=C(NC1CCCCC1)N1CCN(c2ccccc2)C(=O)C1. The predicted molar refractivity (Wildman–Crippen MR) is 85.8 cm³/mol. The maximum Gasteiger partial charge on any atom is 0.318 e. The molecule has 1 heterocycles. The predicted octanol–water partition coefficient (Wildman–Crippen LogP) is 2.38. The Kier molecular flexibility index (Phi) is 4.61. The van der Waals surface area contributed by atoms with Gasteiger partial charge in [-0.3, -0.25) is 4.79 Å². The van der Waals surface area contributed by atoms with Gasteiger partial charge in [-0.15, -0.1) is 0 Å². The number of anilines is 1. The van der Waals surface area contributed by atoms with Gasteiger partial charge in [0.15, 0.2) is 0 Å². The van der Waals surface area contributed by atoms with Crippen LogP contribution < -0.4 is 10.2 Å². The summed E-state index contributed by atoms with van der Waals surface area (Å²) < 4.78 is 0. The van der Waals surface area contributed by atoms with Gasteiger partial charge in [0, 0.05) is 24.8 Å². The molecule has 1 N–H and O–H groups in total. The van der Waals surface area contributed by atoms with Crippen molar-refractivity contribution in [1.82, 2.24) is 10.2 Å². The molecule has 1 aliphatic carbocycles. The topological polar surface area (TPSA) is 52.7 Å². The van der Waals surface area contributed by atoms with Crippen LogP contribution >= 0.6 is 0 Å².